The lowest BCUT2D eigenvalue weighted by Gasteiger charge is -2.41. The molecule has 2 fully saturated rings. The van der Waals surface area contributed by atoms with Crippen LogP contribution >= 0.6 is 0 Å². The van der Waals surface area contributed by atoms with Crippen LogP contribution < -0.4 is 10.2 Å². The molecule has 1 N–H and O–H groups in total. The van der Waals surface area contributed by atoms with Crippen molar-refractivity contribution >= 4 is 40.0 Å². The highest BCUT2D eigenvalue weighted by molar-refractivity contribution is 6.12. The Hall–Kier alpha value is -7.90. The summed E-state index contributed by atoms with van der Waals surface area (Å²) in [5.41, 5.74) is 3.99. The SMILES string of the molecule is CC(=O)C1(C(=O)Nc2ccc3c(c2)c(-c2ccc(F)cc2)nn3C(c2ccccc2)(c2ccccc2)c2ccccc2)CCN(CC(=O)N2CCN(c3ccc(-c4ncccn4)cn3)C[C@H]2C)C1. The first-order valence-electron chi connectivity index (χ1n) is 22.9. The maximum atomic E-state index is 14.5. The number of benzene rings is 5. The normalized spacial score (nSPS) is 17.6. The van der Waals surface area contributed by atoms with Crippen LogP contribution in [0, 0.1) is 11.2 Å². The molecule has 0 spiro atoms. The van der Waals surface area contributed by atoms with Crippen LogP contribution in [0.1, 0.15) is 37.0 Å². The molecule has 2 saturated heterocycles. The van der Waals surface area contributed by atoms with E-state index in [2.05, 4.69) is 61.6 Å². The van der Waals surface area contributed by atoms with E-state index in [0.717, 1.165) is 39.0 Å². The third kappa shape index (κ3) is 8.08. The summed E-state index contributed by atoms with van der Waals surface area (Å²) in [5, 5.41) is 9.25. The Balaban J connectivity index is 0.914. The van der Waals surface area contributed by atoms with E-state index in [9.17, 15) is 18.8 Å². The molecule has 10 rings (SSSR count). The zero-order chi connectivity index (χ0) is 46.8. The van der Waals surface area contributed by atoms with Crippen molar-refractivity contribution in [3.8, 4) is 22.6 Å². The quantitative estimate of drug-likeness (QED) is 0.0949. The Labute approximate surface area is 394 Å². The summed E-state index contributed by atoms with van der Waals surface area (Å²) in [6, 6.07) is 48.2. The predicted molar refractivity (Wildman–Crippen MR) is 261 cm³/mol. The number of Topliss-reactive ketones (excluding diaryl/α,β-unsaturated/α-hetero) is 1. The van der Waals surface area contributed by atoms with Crippen LogP contribution in [-0.2, 0) is 19.9 Å². The molecule has 1 unspecified atom stereocenters. The van der Waals surface area contributed by atoms with Gasteiger partial charge in [-0.1, -0.05) is 91.0 Å². The van der Waals surface area contributed by atoms with Crippen molar-refractivity contribution in [1.82, 2.24) is 34.5 Å². The number of pyridine rings is 1. The molecule has 340 valence electrons. The molecule has 5 heterocycles. The average Bonchev–Trinajstić information content (AvgIpc) is 3.99. The Kier molecular flexibility index (Phi) is 11.9. The highest BCUT2D eigenvalue weighted by Crippen LogP contribution is 2.45. The number of fused-ring (bicyclic) bond motifs is 1. The Morgan fingerprint density at radius 3 is 1.96 bits per heavy atom. The molecule has 0 radical (unpaired) electrons. The van der Waals surface area contributed by atoms with Crippen LogP contribution in [0.5, 0.6) is 0 Å². The van der Waals surface area contributed by atoms with Crippen LogP contribution in [0.15, 0.2) is 170 Å². The van der Waals surface area contributed by atoms with Gasteiger partial charge in [-0.15, -0.1) is 0 Å². The molecule has 13 heteroatoms. The molecule has 3 aromatic heterocycles. The Morgan fingerprint density at radius 1 is 0.735 bits per heavy atom. The van der Waals surface area contributed by atoms with E-state index >= 15 is 0 Å². The molecule has 2 aliphatic rings. The number of ketones is 1. The summed E-state index contributed by atoms with van der Waals surface area (Å²) < 4.78 is 16.5. The first kappa shape index (κ1) is 44.0. The highest BCUT2D eigenvalue weighted by atomic mass is 19.1. The van der Waals surface area contributed by atoms with Crippen molar-refractivity contribution in [3.63, 3.8) is 0 Å². The van der Waals surface area contributed by atoms with E-state index in [1.807, 2.05) is 106 Å². The fourth-order valence-electron chi connectivity index (χ4n) is 10.1. The van der Waals surface area contributed by atoms with Crippen LogP contribution in [0.2, 0.25) is 0 Å². The molecule has 0 saturated carbocycles. The van der Waals surface area contributed by atoms with Gasteiger partial charge in [-0.2, -0.15) is 5.10 Å². The second-order valence-electron chi connectivity index (χ2n) is 17.7. The molecular formula is C55H50FN9O3. The van der Waals surface area contributed by atoms with Crippen molar-refractivity contribution in [2.45, 2.75) is 31.8 Å². The number of likely N-dealkylation sites (tertiary alicyclic amines) is 1. The van der Waals surface area contributed by atoms with Crippen LogP contribution in [0.25, 0.3) is 33.5 Å². The van der Waals surface area contributed by atoms with Crippen molar-refractivity contribution in [2.24, 2.45) is 5.41 Å². The zero-order valence-electron chi connectivity index (χ0n) is 37.9. The van der Waals surface area contributed by atoms with Gasteiger partial charge in [0.25, 0.3) is 0 Å². The third-order valence-electron chi connectivity index (χ3n) is 13.6. The van der Waals surface area contributed by atoms with Gasteiger partial charge in [0.2, 0.25) is 11.8 Å². The number of piperazine rings is 1. The molecule has 2 amide bonds. The molecule has 68 heavy (non-hydrogen) atoms. The molecule has 2 atom stereocenters. The van der Waals surface area contributed by atoms with E-state index in [1.54, 1.807) is 36.8 Å². The molecule has 0 aliphatic carbocycles. The molecule has 5 aromatic carbocycles. The number of amides is 2. The monoisotopic (exact) mass is 903 g/mol. The molecule has 8 aromatic rings. The average molecular weight is 904 g/mol. The number of halogens is 1. The Morgan fingerprint density at radius 2 is 1.37 bits per heavy atom. The lowest BCUT2D eigenvalue weighted by molar-refractivity contribution is -0.139. The van der Waals surface area contributed by atoms with Gasteiger partial charge in [-0.05, 0) is 97.6 Å². The van der Waals surface area contributed by atoms with Crippen LogP contribution in [0.3, 0.4) is 0 Å². The summed E-state index contributed by atoms with van der Waals surface area (Å²) >= 11 is 0. The van der Waals surface area contributed by atoms with Gasteiger partial charge in [0.05, 0.1) is 12.1 Å². The van der Waals surface area contributed by atoms with Crippen molar-refractivity contribution in [2.75, 3.05) is 49.5 Å². The standard InChI is InChI=1S/C55H50FN9O3/c1-38-35-63(49-26-21-41(34-59-49)52-57-28-12-29-58-52)31-32-64(38)50(67)36-62-30-27-54(37-62,39(2)66)53(68)60-46-24-25-48-47(33-46)51(40-19-22-45(56)23-20-40)61-65(48)55(42-13-6-3-7-14-42,43-15-8-4-9-16-43)44-17-10-5-11-18-44/h3-26,28-29,33-34,38H,27,30-32,35-37H2,1-2H3,(H,60,68)/t38-,54?/m1/s1. The molecule has 12 nitrogen and oxygen atoms in total. The fraction of sp³-hybridized carbons (Fsp3) is 0.218. The second-order valence-corrected chi connectivity index (χ2v) is 17.7. The van der Waals surface area contributed by atoms with Gasteiger partial charge >= 0.3 is 0 Å². The van der Waals surface area contributed by atoms with Gasteiger partial charge < -0.3 is 15.1 Å². The number of anilines is 2. The van der Waals surface area contributed by atoms with Gasteiger partial charge in [0.1, 0.15) is 34.1 Å². The van der Waals surface area contributed by atoms with E-state index < -0.39 is 16.9 Å². The van der Waals surface area contributed by atoms with Gasteiger partial charge in [-0.3, -0.25) is 19.3 Å². The topological polar surface area (TPSA) is 129 Å². The smallest absolute Gasteiger partial charge is 0.239 e. The van der Waals surface area contributed by atoms with Crippen molar-refractivity contribution < 1.29 is 18.8 Å². The number of nitrogens with zero attached hydrogens (tertiary/aromatic N) is 8. The highest BCUT2D eigenvalue weighted by Gasteiger charge is 2.49. The summed E-state index contributed by atoms with van der Waals surface area (Å²) in [4.78, 5) is 61.3. The Bertz CT molecular complexity index is 2990. The molecule has 2 aliphatic heterocycles. The zero-order valence-corrected chi connectivity index (χ0v) is 37.9. The first-order valence-corrected chi connectivity index (χ1v) is 22.9. The number of nitrogens with one attached hydrogen (secondary N) is 1. The summed E-state index contributed by atoms with van der Waals surface area (Å²) in [6.45, 7) is 5.84. The van der Waals surface area contributed by atoms with E-state index in [1.165, 1.54) is 19.1 Å². The van der Waals surface area contributed by atoms with Crippen molar-refractivity contribution in [1.29, 1.82) is 0 Å². The minimum atomic E-state index is -1.37. The minimum Gasteiger partial charge on any atom is -0.353 e. The lowest BCUT2D eigenvalue weighted by atomic mass is 9.77. The van der Waals surface area contributed by atoms with Crippen molar-refractivity contribution in [3.05, 3.63) is 193 Å². The lowest BCUT2D eigenvalue weighted by Crippen LogP contribution is -2.56. The number of hydrogen-bond acceptors (Lipinski definition) is 9. The number of carbonyl (C=O) groups is 3. The third-order valence-corrected chi connectivity index (χ3v) is 13.6. The van der Waals surface area contributed by atoms with Crippen LogP contribution in [0.4, 0.5) is 15.9 Å². The summed E-state index contributed by atoms with van der Waals surface area (Å²) in [7, 11) is 0. The van der Waals surface area contributed by atoms with Gasteiger partial charge in [-0.25, -0.2) is 24.0 Å². The molecule has 0 bridgehead atoms. The maximum absolute atomic E-state index is 14.5. The second kappa shape index (κ2) is 18.4. The minimum absolute atomic E-state index is 0.0465. The number of carbonyl (C=O) groups excluding carboxylic acids is 3. The summed E-state index contributed by atoms with van der Waals surface area (Å²) in [5.74, 6) is 0.325. The maximum Gasteiger partial charge on any atom is 0.239 e. The van der Waals surface area contributed by atoms with Gasteiger partial charge in [0.15, 0.2) is 5.82 Å². The largest absolute Gasteiger partial charge is 0.353 e. The number of aromatic nitrogens is 5. The van der Waals surface area contributed by atoms with E-state index in [4.69, 9.17) is 5.10 Å². The predicted octanol–water partition coefficient (Wildman–Crippen LogP) is 8.49. The fourth-order valence-corrected chi connectivity index (χ4v) is 10.1. The van der Waals surface area contributed by atoms with E-state index in [-0.39, 0.29) is 43.1 Å². The number of rotatable bonds is 12. The van der Waals surface area contributed by atoms with E-state index in [0.29, 0.717) is 48.9 Å². The first-order chi connectivity index (χ1) is 33.1. The number of hydrogen-bond donors (Lipinski definition) is 1. The van der Waals surface area contributed by atoms with Crippen LogP contribution in [-0.4, -0.2) is 97.4 Å². The molecular weight excluding hydrogens is 854 g/mol. The summed E-state index contributed by atoms with van der Waals surface area (Å²) in [6.07, 6.45) is 5.44. The van der Waals surface area contributed by atoms with Gasteiger partial charge in [0, 0.05) is 79.6 Å².